The van der Waals surface area contributed by atoms with Crippen molar-refractivity contribution >= 4 is 55.1 Å². The van der Waals surface area contributed by atoms with Crippen LogP contribution >= 0.6 is 55.1 Å². The lowest BCUT2D eigenvalue weighted by atomic mass is 9.20. The summed E-state index contributed by atoms with van der Waals surface area (Å²) in [5.74, 6) is 4.60. The first-order valence-corrected chi connectivity index (χ1v) is 7.08. The molecule has 6 rings (SSSR count). The highest BCUT2D eigenvalue weighted by Crippen LogP contribution is 3.04. The van der Waals surface area contributed by atoms with Gasteiger partial charge in [0, 0.05) is 10.2 Å². The fourth-order valence-corrected chi connectivity index (χ4v) is 9.76. The molecular weight excluding hydrogens is 339 g/mol. The average molecular weight is 345 g/mol. The van der Waals surface area contributed by atoms with E-state index in [2.05, 4.69) is 31.9 Å². The predicted octanol–water partition coefficient (Wildman–Crippen LogP) is 3.19. The maximum Gasteiger partial charge on any atom is 0.137 e. The number of hydrogen-bond acceptors (Lipinski definition) is 0. The Morgan fingerprint density at radius 1 is 0.769 bits per heavy atom. The van der Waals surface area contributed by atoms with Crippen LogP contribution in [0.1, 0.15) is 0 Å². The lowest BCUT2D eigenvalue weighted by Gasteiger charge is -2.90. The van der Waals surface area contributed by atoms with Crippen LogP contribution in [-0.2, 0) is 0 Å². The van der Waals surface area contributed by atoms with Gasteiger partial charge in [-0.15, -0.1) is 0 Å². The van der Waals surface area contributed by atoms with Crippen molar-refractivity contribution in [1.82, 2.24) is 0 Å². The molecule has 6 fully saturated rings. The molecule has 0 amide bonds. The maximum atomic E-state index is 6.50. The first-order chi connectivity index (χ1) is 5.98. The van der Waals surface area contributed by atoms with Gasteiger partial charge in [0.1, 0.15) is 4.33 Å². The Hall–Kier alpha value is 1.54. The Kier molecular flexibility index (Phi) is 0.901. The molecule has 4 unspecified atom stereocenters. The molecule has 6 saturated carbocycles. The first kappa shape index (κ1) is 7.76. The van der Waals surface area contributed by atoms with Gasteiger partial charge in [0.15, 0.2) is 0 Å². The van der Waals surface area contributed by atoms with Crippen molar-refractivity contribution in [3.05, 3.63) is 0 Å². The third-order valence-electron chi connectivity index (χ3n) is 5.75. The molecule has 8 atom stereocenters. The second-order valence-electron chi connectivity index (χ2n) is 5.37. The van der Waals surface area contributed by atoms with E-state index < -0.39 is 4.33 Å². The first-order valence-electron chi connectivity index (χ1n) is 4.74. The van der Waals surface area contributed by atoms with Crippen LogP contribution in [0.2, 0.25) is 0 Å². The second-order valence-corrected chi connectivity index (χ2v) is 9.44. The monoisotopic (exact) mass is 342 g/mol. The van der Waals surface area contributed by atoms with Crippen LogP contribution in [-0.4, -0.2) is 13.0 Å². The van der Waals surface area contributed by atoms with Crippen molar-refractivity contribution in [1.29, 1.82) is 0 Å². The van der Waals surface area contributed by atoms with E-state index in [1.54, 1.807) is 0 Å². The zero-order valence-corrected chi connectivity index (χ0v) is 11.2. The third-order valence-corrected chi connectivity index (χ3v) is 10.6. The molecule has 13 heavy (non-hydrogen) atoms. The zero-order chi connectivity index (χ0) is 8.96. The lowest BCUT2D eigenvalue weighted by Crippen LogP contribution is -2.93. The number of rotatable bonds is 0. The summed E-state index contributed by atoms with van der Waals surface area (Å²) >= 11 is 20.7. The van der Waals surface area contributed by atoms with Gasteiger partial charge in [-0.2, -0.15) is 0 Å². The van der Waals surface area contributed by atoms with Gasteiger partial charge in [0.05, 0.1) is 4.32 Å². The fraction of sp³-hybridized carbons (Fsp3) is 1.00. The molecule has 0 N–H and O–H groups in total. The summed E-state index contributed by atoms with van der Waals surface area (Å²) in [6.07, 6.45) is 0. The quantitative estimate of drug-likeness (QED) is 0.592. The number of hydrogen-bond donors (Lipinski definition) is 0. The summed E-state index contributed by atoms with van der Waals surface area (Å²) in [5.41, 5.74) is 0. The van der Waals surface area contributed by atoms with Gasteiger partial charge in [0.2, 0.25) is 0 Å². The van der Waals surface area contributed by atoms with E-state index in [4.69, 9.17) is 23.2 Å². The van der Waals surface area contributed by atoms with E-state index in [1.165, 1.54) is 0 Å². The molecule has 0 spiro atoms. The van der Waals surface area contributed by atoms with Crippen LogP contribution < -0.4 is 0 Å². The molecule has 0 aromatic rings. The van der Waals surface area contributed by atoms with E-state index in [1.807, 2.05) is 0 Å². The minimum Gasteiger partial charge on any atom is -0.0997 e. The Morgan fingerprint density at radius 3 is 1.62 bits per heavy atom. The van der Waals surface area contributed by atoms with E-state index in [0.717, 1.165) is 29.6 Å². The maximum absolute atomic E-state index is 6.50. The Morgan fingerprint density at radius 2 is 1.23 bits per heavy atom. The molecule has 0 saturated heterocycles. The largest absolute Gasteiger partial charge is 0.137 e. The van der Waals surface area contributed by atoms with E-state index in [-0.39, 0.29) is 4.32 Å². The smallest absolute Gasteiger partial charge is 0.0997 e. The Labute approximate surface area is 103 Å². The van der Waals surface area contributed by atoms with Crippen LogP contribution in [0.3, 0.4) is 0 Å². The highest BCUT2D eigenvalue weighted by molar-refractivity contribution is 9.10. The molecule has 0 aromatic heterocycles. The van der Waals surface area contributed by atoms with Crippen LogP contribution in [0.25, 0.3) is 0 Å². The summed E-state index contributed by atoms with van der Waals surface area (Å²) in [5, 5.41) is 0. The zero-order valence-electron chi connectivity index (χ0n) is 6.48. The molecule has 70 valence electrons. The topological polar surface area (TPSA) is 0 Å². The molecule has 6 aliphatic carbocycles. The Bertz CT molecular complexity index is 360. The second kappa shape index (κ2) is 1.51. The van der Waals surface area contributed by atoms with Crippen LogP contribution in [0.4, 0.5) is 0 Å². The van der Waals surface area contributed by atoms with Crippen molar-refractivity contribution < 1.29 is 0 Å². The highest BCUT2D eigenvalue weighted by atomic mass is 79.9. The molecule has 0 heterocycles. The SMILES string of the molecule is ClC1(Cl)C2[C@@H]3[C@@H]4C5[C@H]([C@H]2C53Br)C41Br. The van der Waals surface area contributed by atoms with Crippen LogP contribution in [0.15, 0.2) is 0 Å². The van der Waals surface area contributed by atoms with Gasteiger partial charge >= 0.3 is 0 Å². The van der Waals surface area contributed by atoms with Crippen LogP contribution in [0.5, 0.6) is 0 Å². The minimum atomic E-state index is -0.470. The van der Waals surface area contributed by atoms with Crippen LogP contribution in [0, 0.1) is 35.5 Å². The summed E-state index contributed by atoms with van der Waals surface area (Å²) in [6.45, 7) is 0. The number of halogens is 4. The predicted molar refractivity (Wildman–Crippen MR) is 58.7 cm³/mol. The van der Waals surface area contributed by atoms with Crippen molar-refractivity contribution in [2.75, 3.05) is 0 Å². The fourth-order valence-electron chi connectivity index (χ4n) is 5.60. The number of alkyl halides is 4. The van der Waals surface area contributed by atoms with E-state index in [0.29, 0.717) is 10.2 Å². The van der Waals surface area contributed by atoms with Gasteiger partial charge in [0.25, 0.3) is 0 Å². The van der Waals surface area contributed by atoms with Gasteiger partial charge < -0.3 is 0 Å². The standard InChI is InChI=1S/C9H6Br2Cl2/c10-7-1-4-2(7)6-3(7)5(1)8(4,11)9(6,12)13/h1-6H/t1?,2-,3+,4-,5+,6?,7?,8?. The summed E-state index contributed by atoms with van der Waals surface area (Å²) in [6, 6.07) is 0. The van der Waals surface area contributed by atoms with Crippen molar-refractivity contribution in [2.24, 2.45) is 35.5 Å². The van der Waals surface area contributed by atoms with E-state index in [9.17, 15) is 0 Å². The molecule has 0 nitrogen and oxygen atoms in total. The van der Waals surface area contributed by atoms with Gasteiger partial charge in [-0.3, -0.25) is 0 Å². The van der Waals surface area contributed by atoms with Gasteiger partial charge in [-0.25, -0.2) is 0 Å². The molecular formula is C9H6Br2Cl2. The van der Waals surface area contributed by atoms with Crippen molar-refractivity contribution in [3.8, 4) is 0 Å². The van der Waals surface area contributed by atoms with E-state index >= 15 is 0 Å². The average Bonchev–Trinajstić information content (AvgIpc) is 2.20. The molecule has 0 radical (unpaired) electrons. The third kappa shape index (κ3) is 0.362. The summed E-state index contributed by atoms with van der Waals surface area (Å²) in [7, 11) is 0. The minimum absolute atomic E-state index is 0.100. The Balaban J connectivity index is 1.85. The van der Waals surface area contributed by atoms with Crippen molar-refractivity contribution in [3.63, 3.8) is 0 Å². The van der Waals surface area contributed by atoms with Gasteiger partial charge in [-0.05, 0) is 29.6 Å². The lowest BCUT2D eigenvalue weighted by molar-refractivity contribution is -0.337. The molecule has 0 aromatic carbocycles. The highest BCUT2D eigenvalue weighted by Gasteiger charge is 3.07. The van der Waals surface area contributed by atoms with Gasteiger partial charge in [-0.1, -0.05) is 55.1 Å². The summed E-state index contributed by atoms with van der Waals surface area (Å²) in [4.78, 5) is 0. The molecule has 4 heteroatoms. The molecule has 2 bridgehead atoms. The molecule has 0 aliphatic heterocycles. The molecule has 6 aliphatic rings. The summed E-state index contributed by atoms with van der Waals surface area (Å²) < 4.78 is 0.126. The van der Waals surface area contributed by atoms with Crippen molar-refractivity contribution in [2.45, 2.75) is 13.0 Å². The normalized spacial score (nSPS) is 87.7.